The van der Waals surface area contributed by atoms with Crippen LogP contribution in [0.3, 0.4) is 0 Å². The SMILES string of the molecule is CCc1nc(NN)cc(NCc2ccccc2Br)n1. The summed E-state index contributed by atoms with van der Waals surface area (Å²) in [4.78, 5) is 8.66. The maximum Gasteiger partial charge on any atom is 0.145 e. The molecule has 19 heavy (non-hydrogen) atoms. The average molecular weight is 322 g/mol. The van der Waals surface area contributed by atoms with Crippen molar-refractivity contribution >= 4 is 27.6 Å². The molecular weight excluding hydrogens is 306 g/mol. The molecule has 6 heteroatoms. The Morgan fingerprint density at radius 3 is 2.63 bits per heavy atom. The van der Waals surface area contributed by atoms with Gasteiger partial charge in [-0.2, -0.15) is 0 Å². The van der Waals surface area contributed by atoms with Crippen LogP contribution in [0.15, 0.2) is 34.8 Å². The first kappa shape index (κ1) is 13.8. The van der Waals surface area contributed by atoms with E-state index in [9.17, 15) is 0 Å². The molecule has 0 spiro atoms. The van der Waals surface area contributed by atoms with Crippen molar-refractivity contribution in [3.63, 3.8) is 0 Å². The molecule has 1 heterocycles. The van der Waals surface area contributed by atoms with Gasteiger partial charge < -0.3 is 10.7 Å². The molecule has 4 N–H and O–H groups in total. The summed E-state index contributed by atoms with van der Waals surface area (Å²) < 4.78 is 1.07. The van der Waals surface area contributed by atoms with Crippen LogP contribution in [-0.4, -0.2) is 9.97 Å². The predicted octanol–water partition coefficient (Wildman–Crippen LogP) is 2.70. The number of hydrogen-bond acceptors (Lipinski definition) is 5. The Kier molecular flexibility index (Phi) is 4.70. The summed E-state index contributed by atoms with van der Waals surface area (Å²) in [6.45, 7) is 2.69. The Morgan fingerprint density at radius 2 is 1.95 bits per heavy atom. The van der Waals surface area contributed by atoms with Gasteiger partial charge in [-0.05, 0) is 11.6 Å². The average Bonchev–Trinajstić information content (AvgIpc) is 2.46. The largest absolute Gasteiger partial charge is 0.366 e. The summed E-state index contributed by atoms with van der Waals surface area (Å²) in [6, 6.07) is 9.86. The molecule has 2 aromatic rings. The van der Waals surface area contributed by atoms with E-state index in [1.54, 1.807) is 6.07 Å². The molecule has 0 aliphatic rings. The summed E-state index contributed by atoms with van der Waals surface area (Å²) in [5.74, 6) is 7.53. The van der Waals surface area contributed by atoms with Crippen molar-refractivity contribution in [1.82, 2.24) is 9.97 Å². The first-order valence-electron chi connectivity index (χ1n) is 6.04. The minimum absolute atomic E-state index is 0.612. The van der Waals surface area contributed by atoms with E-state index in [1.807, 2.05) is 25.1 Å². The van der Waals surface area contributed by atoms with Gasteiger partial charge in [0, 0.05) is 23.5 Å². The molecule has 0 radical (unpaired) electrons. The fourth-order valence-corrected chi connectivity index (χ4v) is 2.07. The zero-order valence-corrected chi connectivity index (χ0v) is 12.2. The standard InChI is InChI=1S/C13H16BrN5/c1-2-11-17-12(7-13(18-11)19-15)16-8-9-5-3-4-6-10(9)14/h3-7H,2,8,15H2,1H3,(H2,16,17,18,19). The number of halogens is 1. The second-order valence-corrected chi connectivity index (χ2v) is 4.85. The van der Waals surface area contributed by atoms with Crippen LogP contribution in [0.2, 0.25) is 0 Å². The van der Waals surface area contributed by atoms with E-state index in [1.165, 1.54) is 5.56 Å². The molecule has 0 amide bonds. The van der Waals surface area contributed by atoms with Crippen LogP contribution in [0.5, 0.6) is 0 Å². The minimum atomic E-state index is 0.612. The quantitative estimate of drug-likeness (QED) is 0.583. The molecule has 0 aliphatic heterocycles. The molecule has 5 nitrogen and oxygen atoms in total. The second-order valence-electron chi connectivity index (χ2n) is 4.00. The molecule has 2 rings (SSSR count). The number of hydrogen-bond donors (Lipinski definition) is 3. The van der Waals surface area contributed by atoms with Gasteiger partial charge in [0.05, 0.1) is 0 Å². The predicted molar refractivity (Wildman–Crippen MR) is 80.7 cm³/mol. The van der Waals surface area contributed by atoms with Gasteiger partial charge in [0.25, 0.3) is 0 Å². The normalized spacial score (nSPS) is 10.3. The van der Waals surface area contributed by atoms with Crippen molar-refractivity contribution in [1.29, 1.82) is 0 Å². The molecule has 0 saturated heterocycles. The number of nitrogen functional groups attached to an aromatic ring is 1. The van der Waals surface area contributed by atoms with Gasteiger partial charge in [0.2, 0.25) is 0 Å². The molecule has 0 unspecified atom stereocenters. The van der Waals surface area contributed by atoms with Crippen LogP contribution in [0.4, 0.5) is 11.6 Å². The summed E-state index contributed by atoms with van der Waals surface area (Å²) in [5.41, 5.74) is 3.72. The van der Waals surface area contributed by atoms with E-state index in [0.717, 1.165) is 22.5 Å². The fourth-order valence-electron chi connectivity index (χ4n) is 1.65. The van der Waals surface area contributed by atoms with Crippen molar-refractivity contribution in [2.24, 2.45) is 5.84 Å². The zero-order valence-electron chi connectivity index (χ0n) is 10.7. The van der Waals surface area contributed by atoms with Crippen molar-refractivity contribution in [2.45, 2.75) is 19.9 Å². The van der Waals surface area contributed by atoms with Gasteiger partial charge in [-0.1, -0.05) is 41.1 Å². The molecule has 1 aromatic carbocycles. The highest BCUT2D eigenvalue weighted by atomic mass is 79.9. The van der Waals surface area contributed by atoms with E-state index >= 15 is 0 Å². The third kappa shape index (κ3) is 3.65. The van der Waals surface area contributed by atoms with Crippen LogP contribution in [-0.2, 0) is 13.0 Å². The smallest absolute Gasteiger partial charge is 0.145 e. The molecule has 0 fully saturated rings. The van der Waals surface area contributed by atoms with Gasteiger partial charge >= 0.3 is 0 Å². The highest BCUT2D eigenvalue weighted by molar-refractivity contribution is 9.10. The highest BCUT2D eigenvalue weighted by Crippen LogP contribution is 2.18. The number of benzene rings is 1. The minimum Gasteiger partial charge on any atom is -0.366 e. The first-order chi connectivity index (χ1) is 9.22. The summed E-state index contributed by atoms with van der Waals surface area (Å²) in [7, 11) is 0. The lowest BCUT2D eigenvalue weighted by molar-refractivity contribution is 0.931. The number of aryl methyl sites for hydroxylation is 1. The number of hydrazine groups is 1. The number of nitrogens with zero attached hydrogens (tertiary/aromatic N) is 2. The third-order valence-corrected chi connectivity index (χ3v) is 3.43. The van der Waals surface area contributed by atoms with Crippen LogP contribution in [0, 0.1) is 0 Å². The fraction of sp³-hybridized carbons (Fsp3) is 0.231. The van der Waals surface area contributed by atoms with E-state index in [-0.39, 0.29) is 0 Å². The lowest BCUT2D eigenvalue weighted by Crippen LogP contribution is -2.12. The van der Waals surface area contributed by atoms with Crippen LogP contribution in [0.1, 0.15) is 18.3 Å². The Hall–Kier alpha value is -1.66. The lowest BCUT2D eigenvalue weighted by Gasteiger charge is -2.10. The van der Waals surface area contributed by atoms with Gasteiger partial charge in [-0.25, -0.2) is 15.8 Å². The van der Waals surface area contributed by atoms with E-state index < -0.39 is 0 Å². The van der Waals surface area contributed by atoms with Gasteiger partial charge in [0.15, 0.2) is 0 Å². The maximum absolute atomic E-state index is 5.40. The number of aromatic nitrogens is 2. The monoisotopic (exact) mass is 321 g/mol. The highest BCUT2D eigenvalue weighted by Gasteiger charge is 2.03. The molecule has 100 valence electrons. The second kappa shape index (κ2) is 6.49. The van der Waals surface area contributed by atoms with Gasteiger partial charge in [-0.15, -0.1) is 0 Å². The van der Waals surface area contributed by atoms with Crippen molar-refractivity contribution in [3.05, 3.63) is 46.2 Å². The Morgan fingerprint density at radius 1 is 1.21 bits per heavy atom. The van der Waals surface area contributed by atoms with Gasteiger partial charge in [-0.3, -0.25) is 0 Å². The molecule has 0 bridgehead atoms. The Balaban J connectivity index is 2.13. The number of anilines is 2. The summed E-state index contributed by atoms with van der Waals surface area (Å²) in [6.07, 6.45) is 0.763. The van der Waals surface area contributed by atoms with E-state index in [0.29, 0.717) is 12.4 Å². The van der Waals surface area contributed by atoms with Crippen molar-refractivity contribution in [2.75, 3.05) is 10.7 Å². The van der Waals surface area contributed by atoms with Gasteiger partial charge in [0.1, 0.15) is 17.5 Å². The molecule has 1 aromatic heterocycles. The summed E-state index contributed by atoms with van der Waals surface area (Å²) >= 11 is 3.52. The topological polar surface area (TPSA) is 75.9 Å². The van der Waals surface area contributed by atoms with Crippen LogP contribution >= 0.6 is 15.9 Å². The van der Waals surface area contributed by atoms with E-state index in [4.69, 9.17) is 5.84 Å². The number of rotatable bonds is 5. The Bertz CT molecular complexity index is 536. The lowest BCUT2D eigenvalue weighted by atomic mass is 10.2. The summed E-state index contributed by atoms with van der Waals surface area (Å²) in [5, 5.41) is 3.27. The van der Waals surface area contributed by atoms with E-state index in [2.05, 4.69) is 42.7 Å². The number of nitrogens with one attached hydrogen (secondary N) is 2. The molecule has 0 atom stereocenters. The van der Waals surface area contributed by atoms with Crippen molar-refractivity contribution < 1.29 is 0 Å². The third-order valence-electron chi connectivity index (χ3n) is 2.65. The van der Waals surface area contributed by atoms with Crippen molar-refractivity contribution in [3.8, 4) is 0 Å². The van der Waals surface area contributed by atoms with Crippen LogP contribution in [0.25, 0.3) is 0 Å². The van der Waals surface area contributed by atoms with Crippen LogP contribution < -0.4 is 16.6 Å². The zero-order chi connectivity index (χ0) is 13.7. The molecule has 0 saturated carbocycles. The molecule has 0 aliphatic carbocycles. The Labute approximate surface area is 120 Å². The maximum atomic E-state index is 5.40. The molecular formula is C13H16BrN5. The first-order valence-corrected chi connectivity index (χ1v) is 6.84. The number of nitrogens with two attached hydrogens (primary N) is 1.